The number of alkyl halides is 3. The summed E-state index contributed by atoms with van der Waals surface area (Å²) in [5.74, 6) is -1.52. The summed E-state index contributed by atoms with van der Waals surface area (Å²) in [6.07, 6.45) is -3.60. The molecule has 0 atom stereocenters. The van der Waals surface area contributed by atoms with Crippen LogP contribution in [0.5, 0.6) is 5.75 Å². The Hall–Kier alpha value is -4.92. The highest BCUT2D eigenvalue weighted by Gasteiger charge is 2.34. The molecule has 0 radical (unpaired) electrons. The molecule has 0 aliphatic rings. The molecule has 0 spiro atoms. The number of aromatic nitrogens is 4. The van der Waals surface area contributed by atoms with Crippen LogP contribution in [0.3, 0.4) is 0 Å². The summed E-state index contributed by atoms with van der Waals surface area (Å²) in [5.41, 5.74) is 5.41. The van der Waals surface area contributed by atoms with Crippen molar-refractivity contribution < 1.29 is 23.1 Å². The summed E-state index contributed by atoms with van der Waals surface area (Å²) in [5, 5.41) is 14.3. The predicted molar refractivity (Wildman–Crippen MR) is 126 cm³/mol. The number of rotatable bonds is 6. The second-order valence-corrected chi connectivity index (χ2v) is 7.61. The Bertz CT molecular complexity index is 1510. The minimum atomic E-state index is -4.79. The minimum Gasteiger partial charge on any atom is -0.507 e. The van der Waals surface area contributed by atoms with Gasteiger partial charge in [-0.15, -0.1) is 0 Å². The molecule has 3 N–H and O–H groups in total. The summed E-state index contributed by atoms with van der Waals surface area (Å²) in [7, 11) is 0. The third-order valence-electron chi connectivity index (χ3n) is 5.36. The molecule has 0 saturated carbocycles. The van der Waals surface area contributed by atoms with Crippen LogP contribution >= 0.6 is 0 Å². The fraction of sp³-hybridized carbons (Fsp3) is 0.125. The highest BCUT2D eigenvalue weighted by atomic mass is 19.4. The topological polar surface area (TPSA) is 115 Å². The molecule has 0 aliphatic carbocycles. The molecule has 2 aromatic heterocycles. The van der Waals surface area contributed by atoms with Gasteiger partial charge in [0.15, 0.2) is 5.65 Å². The lowest BCUT2D eigenvalue weighted by Crippen LogP contribution is -2.34. The summed E-state index contributed by atoms with van der Waals surface area (Å²) in [6, 6.07) is 11.6. The molecule has 182 valence electrons. The lowest BCUT2D eigenvalue weighted by Gasteiger charge is -2.22. The van der Waals surface area contributed by atoms with Crippen LogP contribution in [0.4, 0.5) is 24.7 Å². The van der Waals surface area contributed by atoms with Crippen LogP contribution in [-0.4, -0.2) is 37.3 Å². The van der Waals surface area contributed by atoms with Gasteiger partial charge in [0.05, 0.1) is 24.1 Å². The molecule has 1 amide bonds. The van der Waals surface area contributed by atoms with E-state index in [1.165, 1.54) is 22.0 Å². The van der Waals surface area contributed by atoms with E-state index >= 15 is 0 Å². The SMILES string of the molecule is [C-]#[N+]C(=C)C(=O)N(CCn1nc(-c2ccc(O)c(C(F)(F)F)c2)c2c(N)ncnc21)c1ccccc1. The zero-order valence-electron chi connectivity index (χ0n) is 18.6. The van der Waals surface area contributed by atoms with Crippen molar-refractivity contribution in [1.82, 2.24) is 19.7 Å². The number of nitrogens with zero attached hydrogens (tertiary/aromatic N) is 6. The monoisotopic (exact) mass is 493 g/mol. The number of carbonyl (C=O) groups is 1. The molecular formula is C24H18F3N7O2. The van der Waals surface area contributed by atoms with Gasteiger partial charge in [0.2, 0.25) is 5.70 Å². The van der Waals surface area contributed by atoms with Crippen LogP contribution in [0.1, 0.15) is 5.56 Å². The quantitative estimate of drug-likeness (QED) is 0.306. The van der Waals surface area contributed by atoms with Gasteiger partial charge in [-0.2, -0.15) is 18.3 Å². The van der Waals surface area contributed by atoms with Gasteiger partial charge in [0, 0.05) is 17.8 Å². The number of nitrogen functional groups attached to an aromatic ring is 1. The first kappa shape index (κ1) is 24.2. The Balaban J connectivity index is 1.77. The van der Waals surface area contributed by atoms with Gasteiger partial charge in [-0.3, -0.25) is 4.79 Å². The van der Waals surface area contributed by atoms with Crippen molar-refractivity contribution >= 4 is 28.4 Å². The molecule has 0 unspecified atom stereocenters. The van der Waals surface area contributed by atoms with E-state index < -0.39 is 23.4 Å². The van der Waals surface area contributed by atoms with Gasteiger partial charge in [0.1, 0.15) is 23.6 Å². The van der Waals surface area contributed by atoms with Crippen LogP contribution in [0.2, 0.25) is 0 Å². The summed E-state index contributed by atoms with van der Waals surface area (Å²) < 4.78 is 41.5. The number of halogens is 3. The first-order valence-corrected chi connectivity index (χ1v) is 10.4. The third-order valence-corrected chi connectivity index (χ3v) is 5.36. The average molecular weight is 493 g/mol. The highest BCUT2D eigenvalue weighted by Crippen LogP contribution is 2.39. The number of hydrogen-bond acceptors (Lipinski definition) is 6. The van der Waals surface area contributed by atoms with Crippen molar-refractivity contribution in [2.45, 2.75) is 12.7 Å². The Labute approximate surface area is 202 Å². The van der Waals surface area contributed by atoms with Crippen molar-refractivity contribution in [3.05, 3.63) is 84.1 Å². The Morgan fingerprint density at radius 2 is 1.92 bits per heavy atom. The Morgan fingerprint density at radius 3 is 2.58 bits per heavy atom. The van der Waals surface area contributed by atoms with Gasteiger partial charge in [-0.1, -0.05) is 24.8 Å². The van der Waals surface area contributed by atoms with Crippen LogP contribution in [0.15, 0.2) is 67.1 Å². The number of carbonyl (C=O) groups excluding carboxylic acids is 1. The third kappa shape index (κ3) is 4.54. The lowest BCUT2D eigenvalue weighted by molar-refractivity contribution is -0.138. The van der Waals surface area contributed by atoms with E-state index in [9.17, 15) is 23.1 Å². The van der Waals surface area contributed by atoms with E-state index in [-0.39, 0.29) is 46.9 Å². The number of fused-ring (bicyclic) bond motifs is 1. The van der Waals surface area contributed by atoms with Gasteiger partial charge in [-0.25, -0.2) is 19.5 Å². The number of anilines is 2. The van der Waals surface area contributed by atoms with Crippen LogP contribution in [-0.2, 0) is 17.5 Å². The van der Waals surface area contributed by atoms with E-state index in [2.05, 4.69) is 26.5 Å². The van der Waals surface area contributed by atoms with E-state index in [1.54, 1.807) is 30.3 Å². The smallest absolute Gasteiger partial charge is 0.419 e. The lowest BCUT2D eigenvalue weighted by atomic mass is 10.0. The summed E-state index contributed by atoms with van der Waals surface area (Å²) in [4.78, 5) is 25.4. The fourth-order valence-corrected chi connectivity index (χ4v) is 3.65. The van der Waals surface area contributed by atoms with Crippen molar-refractivity contribution in [2.24, 2.45) is 0 Å². The predicted octanol–water partition coefficient (Wildman–Crippen LogP) is 4.27. The number of nitrogens with two attached hydrogens (primary N) is 1. The molecule has 2 heterocycles. The van der Waals surface area contributed by atoms with E-state index in [4.69, 9.17) is 12.3 Å². The van der Waals surface area contributed by atoms with Gasteiger partial charge < -0.3 is 15.7 Å². The largest absolute Gasteiger partial charge is 0.507 e. The van der Waals surface area contributed by atoms with Crippen LogP contribution < -0.4 is 10.6 Å². The molecule has 12 heteroatoms. The number of aromatic hydroxyl groups is 1. The maximum absolute atomic E-state index is 13.4. The molecule has 36 heavy (non-hydrogen) atoms. The fourth-order valence-electron chi connectivity index (χ4n) is 3.65. The maximum Gasteiger partial charge on any atom is 0.419 e. The molecule has 0 saturated heterocycles. The summed E-state index contributed by atoms with van der Waals surface area (Å²) in [6.45, 7) is 10.7. The van der Waals surface area contributed by atoms with Gasteiger partial charge in [-0.05, 0) is 30.3 Å². The van der Waals surface area contributed by atoms with Crippen molar-refractivity contribution in [1.29, 1.82) is 0 Å². The molecule has 9 nitrogen and oxygen atoms in total. The second kappa shape index (κ2) is 9.38. The van der Waals surface area contributed by atoms with E-state index in [0.717, 1.165) is 12.1 Å². The molecule has 0 bridgehead atoms. The van der Waals surface area contributed by atoms with Gasteiger partial charge >= 0.3 is 6.18 Å². The molecular weight excluding hydrogens is 475 g/mol. The minimum absolute atomic E-state index is 0.000240. The van der Waals surface area contributed by atoms with Crippen LogP contribution in [0.25, 0.3) is 27.1 Å². The van der Waals surface area contributed by atoms with Crippen LogP contribution in [0, 0.1) is 6.57 Å². The maximum atomic E-state index is 13.4. The number of para-hydroxylation sites is 1. The molecule has 4 aromatic rings. The van der Waals surface area contributed by atoms with Gasteiger partial charge in [0.25, 0.3) is 5.91 Å². The molecule has 0 aliphatic heterocycles. The van der Waals surface area contributed by atoms with E-state index in [0.29, 0.717) is 5.69 Å². The van der Waals surface area contributed by atoms with Crippen molar-refractivity contribution in [3.8, 4) is 17.0 Å². The number of amides is 1. The summed E-state index contributed by atoms with van der Waals surface area (Å²) >= 11 is 0. The number of hydrogen-bond donors (Lipinski definition) is 2. The molecule has 0 fully saturated rings. The normalized spacial score (nSPS) is 11.3. The first-order valence-electron chi connectivity index (χ1n) is 10.4. The molecule has 4 rings (SSSR count). The first-order chi connectivity index (χ1) is 17.1. The van der Waals surface area contributed by atoms with E-state index in [1.807, 2.05) is 0 Å². The average Bonchev–Trinajstić information content (AvgIpc) is 3.23. The standard InChI is InChI=1S/C24H18F3N7O2/c1-14(29-2)23(36)33(16-6-4-3-5-7-16)10-11-34-22-19(21(28)30-13-31-22)20(32-34)15-8-9-18(35)17(12-15)24(25,26)27/h3-9,12-13,35H,1,10-11H2,(H2,28,30,31). The number of benzene rings is 2. The number of phenols is 1. The Kier molecular flexibility index (Phi) is 6.31. The second-order valence-electron chi connectivity index (χ2n) is 7.61. The molecule has 2 aromatic carbocycles. The zero-order chi connectivity index (χ0) is 26.0. The highest BCUT2D eigenvalue weighted by molar-refractivity contribution is 6.06. The van der Waals surface area contributed by atoms with Crippen molar-refractivity contribution in [3.63, 3.8) is 0 Å². The zero-order valence-corrected chi connectivity index (χ0v) is 18.6. The number of phenolic OH excluding ortho intramolecular Hbond substituents is 1. The Morgan fingerprint density at radius 1 is 1.19 bits per heavy atom. The van der Waals surface area contributed by atoms with Crippen molar-refractivity contribution in [2.75, 3.05) is 17.2 Å².